The van der Waals surface area contributed by atoms with Crippen molar-refractivity contribution in [1.82, 2.24) is 0 Å². The minimum atomic E-state index is 0.850. The Labute approximate surface area is 136 Å². The molecule has 0 spiro atoms. The molecule has 0 heterocycles. The Morgan fingerprint density at radius 1 is 0.696 bits per heavy atom. The number of anilines is 1. The number of hydrogen-bond donors (Lipinski definition) is 0. The van der Waals surface area contributed by atoms with E-state index in [9.17, 15) is 0 Å². The van der Waals surface area contributed by atoms with Gasteiger partial charge in [0.25, 0.3) is 0 Å². The third-order valence-corrected chi connectivity index (χ3v) is 3.61. The quantitative estimate of drug-likeness (QED) is 0.557. The summed E-state index contributed by atoms with van der Waals surface area (Å²) in [6.07, 6.45) is 0. The lowest BCUT2D eigenvalue weighted by molar-refractivity contribution is 1.13. The first kappa shape index (κ1) is 15.0. The topological polar surface area (TPSA) is 28.0 Å². The normalized spacial score (nSPS) is 10.9. The fourth-order valence-electron chi connectivity index (χ4n) is 2.34. The molecule has 0 bridgehead atoms. The van der Waals surface area contributed by atoms with Gasteiger partial charge >= 0.3 is 0 Å². The highest BCUT2D eigenvalue weighted by Gasteiger charge is 2.07. The van der Waals surface area contributed by atoms with Crippen LogP contribution in [-0.2, 0) is 0 Å². The van der Waals surface area contributed by atoms with Gasteiger partial charge in [-0.2, -0.15) is 5.11 Å². The summed E-state index contributed by atoms with van der Waals surface area (Å²) in [5.74, 6) is 0. The van der Waals surface area contributed by atoms with Gasteiger partial charge in [-0.3, -0.25) is 0 Å². The summed E-state index contributed by atoms with van der Waals surface area (Å²) in [5, 5.41) is 8.81. The summed E-state index contributed by atoms with van der Waals surface area (Å²) in [6.45, 7) is 0. The molecular formula is C20H19N3. The maximum Gasteiger partial charge on any atom is 0.0936 e. The van der Waals surface area contributed by atoms with Gasteiger partial charge in [0.2, 0.25) is 0 Å². The van der Waals surface area contributed by atoms with E-state index in [4.69, 9.17) is 0 Å². The predicted molar refractivity (Wildman–Crippen MR) is 96.8 cm³/mol. The van der Waals surface area contributed by atoms with Crippen molar-refractivity contribution in [2.75, 3.05) is 19.0 Å². The van der Waals surface area contributed by atoms with Crippen LogP contribution in [0.5, 0.6) is 0 Å². The van der Waals surface area contributed by atoms with E-state index in [-0.39, 0.29) is 0 Å². The van der Waals surface area contributed by atoms with Crippen LogP contribution in [0.4, 0.5) is 17.1 Å². The van der Waals surface area contributed by atoms with Gasteiger partial charge in [0.15, 0.2) is 0 Å². The Hall–Kier alpha value is -2.94. The summed E-state index contributed by atoms with van der Waals surface area (Å²) in [6, 6.07) is 26.3. The summed E-state index contributed by atoms with van der Waals surface area (Å²) >= 11 is 0. The molecule has 0 aliphatic heterocycles. The molecule has 0 aromatic heterocycles. The van der Waals surface area contributed by atoms with Crippen molar-refractivity contribution in [2.45, 2.75) is 0 Å². The molecule has 0 aliphatic carbocycles. The maximum absolute atomic E-state index is 4.46. The predicted octanol–water partition coefficient (Wildman–Crippen LogP) is 5.84. The maximum atomic E-state index is 4.46. The molecule has 0 unspecified atom stereocenters. The first-order valence-electron chi connectivity index (χ1n) is 7.57. The van der Waals surface area contributed by atoms with Crippen molar-refractivity contribution in [2.24, 2.45) is 10.2 Å². The Bertz CT molecular complexity index is 794. The van der Waals surface area contributed by atoms with Crippen molar-refractivity contribution in [3.8, 4) is 11.1 Å². The van der Waals surface area contributed by atoms with Crippen LogP contribution in [0.1, 0.15) is 0 Å². The van der Waals surface area contributed by atoms with Crippen LogP contribution in [0.25, 0.3) is 11.1 Å². The zero-order valence-electron chi connectivity index (χ0n) is 13.3. The third kappa shape index (κ3) is 3.64. The van der Waals surface area contributed by atoms with Gasteiger partial charge in [0.1, 0.15) is 0 Å². The van der Waals surface area contributed by atoms with Gasteiger partial charge in [-0.05, 0) is 35.9 Å². The largest absolute Gasteiger partial charge is 0.378 e. The zero-order chi connectivity index (χ0) is 16.1. The monoisotopic (exact) mass is 301 g/mol. The lowest BCUT2D eigenvalue weighted by atomic mass is 10.0. The van der Waals surface area contributed by atoms with Crippen LogP contribution in [0.3, 0.4) is 0 Å². The van der Waals surface area contributed by atoms with E-state index in [0.29, 0.717) is 0 Å². The molecule has 0 aliphatic rings. The molecule has 23 heavy (non-hydrogen) atoms. The molecule has 0 atom stereocenters. The van der Waals surface area contributed by atoms with E-state index in [1.165, 1.54) is 0 Å². The molecular weight excluding hydrogens is 282 g/mol. The van der Waals surface area contributed by atoms with Crippen LogP contribution >= 0.6 is 0 Å². The molecule has 3 aromatic rings. The molecule has 0 fully saturated rings. The van der Waals surface area contributed by atoms with Crippen molar-refractivity contribution in [1.29, 1.82) is 0 Å². The molecule has 0 saturated carbocycles. The van der Waals surface area contributed by atoms with Crippen LogP contribution in [0, 0.1) is 0 Å². The van der Waals surface area contributed by atoms with Crippen LogP contribution in [0.2, 0.25) is 0 Å². The first-order valence-corrected chi connectivity index (χ1v) is 7.57. The molecule has 3 aromatic carbocycles. The van der Waals surface area contributed by atoms with Crippen molar-refractivity contribution < 1.29 is 0 Å². The lowest BCUT2D eigenvalue weighted by Gasteiger charge is -2.15. The van der Waals surface area contributed by atoms with E-state index in [1.54, 1.807) is 0 Å². The van der Waals surface area contributed by atoms with Gasteiger partial charge in [-0.1, -0.05) is 48.5 Å². The van der Waals surface area contributed by atoms with Crippen molar-refractivity contribution in [3.63, 3.8) is 0 Å². The molecule has 0 N–H and O–H groups in total. The second-order valence-corrected chi connectivity index (χ2v) is 5.50. The number of rotatable bonds is 4. The standard InChI is InChI=1S/C20H19N3/c1-23(2)18-13-14-20(22-21-17-11-7-4-8-12-17)19(15-18)16-9-5-3-6-10-16/h3-15H,1-2H3. The Kier molecular flexibility index (Phi) is 4.48. The number of benzene rings is 3. The van der Waals surface area contributed by atoms with Crippen molar-refractivity contribution >= 4 is 17.1 Å². The Morgan fingerprint density at radius 2 is 1.35 bits per heavy atom. The molecule has 3 heteroatoms. The number of nitrogens with zero attached hydrogens (tertiary/aromatic N) is 3. The van der Waals surface area contributed by atoms with E-state index < -0.39 is 0 Å². The zero-order valence-corrected chi connectivity index (χ0v) is 13.3. The fourth-order valence-corrected chi connectivity index (χ4v) is 2.34. The van der Waals surface area contributed by atoms with Crippen LogP contribution < -0.4 is 4.90 Å². The fraction of sp³-hybridized carbons (Fsp3) is 0.100. The molecule has 0 saturated heterocycles. The third-order valence-electron chi connectivity index (χ3n) is 3.61. The highest BCUT2D eigenvalue weighted by Crippen LogP contribution is 2.34. The minimum Gasteiger partial charge on any atom is -0.378 e. The van der Waals surface area contributed by atoms with E-state index in [1.807, 2.05) is 68.7 Å². The first-order chi connectivity index (χ1) is 11.2. The summed E-state index contributed by atoms with van der Waals surface area (Å²) in [7, 11) is 4.07. The minimum absolute atomic E-state index is 0.850. The lowest BCUT2D eigenvalue weighted by Crippen LogP contribution is -2.08. The van der Waals surface area contributed by atoms with Gasteiger partial charge in [-0.15, -0.1) is 5.11 Å². The summed E-state index contributed by atoms with van der Waals surface area (Å²) in [5.41, 5.74) is 5.08. The SMILES string of the molecule is CN(C)c1ccc(N=Nc2ccccc2)c(-c2ccccc2)c1. The van der Waals surface area contributed by atoms with Crippen LogP contribution in [0.15, 0.2) is 89.1 Å². The highest BCUT2D eigenvalue weighted by molar-refractivity contribution is 5.79. The average molecular weight is 301 g/mol. The van der Waals surface area contributed by atoms with Gasteiger partial charge < -0.3 is 4.90 Å². The van der Waals surface area contributed by atoms with Gasteiger partial charge in [0.05, 0.1) is 11.4 Å². The van der Waals surface area contributed by atoms with E-state index in [0.717, 1.165) is 28.2 Å². The number of azo groups is 1. The summed E-state index contributed by atoms with van der Waals surface area (Å²) < 4.78 is 0. The smallest absolute Gasteiger partial charge is 0.0936 e. The summed E-state index contributed by atoms with van der Waals surface area (Å²) in [4.78, 5) is 2.09. The highest BCUT2D eigenvalue weighted by atomic mass is 15.1. The van der Waals surface area contributed by atoms with E-state index in [2.05, 4.69) is 39.4 Å². The second kappa shape index (κ2) is 6.88. The van der Waals surface area contributed by atoms with Gasteiger partial charge in [0, 0.05) is 25.3 Å². The molecule has 3 nitrogen and oxygen atoms in total. The van der Waals surface area contributed by atoms with E-state index >= 15 is 0 Å². The Balaban J connectivity index is 2.04. The molecule has 0 radical (unpaired) electrons. The van der Waals surface area contributed by atoms with Gasteiger partial charge in [-0.25, -0.2) is 0 Å². The second-order valence-electron chi connectivity index (χ2n) is 5.50. The Morgan fingerprint density at radius 3 is 2.00 bits per heavy atom. The molecule has 3 rings (SSSR count). The molecule has 0 amide bonds. The van der Waals surface area contributed by atoms with Crippen molar-refractivity contribution in [3.05, 3.63) is 78.9 Å². The average Bonchev–Trinajstić information content (AvgIpc) is 2.61. The number of hydrogen-bond acceptors (Lipinski definition) is 3. The molecule has 114 valence electrons. The van der Waals surface area contributed by atoms with Crippen LogP contribution in [-0.4, -0.2) is 14.1 Å².